The quantitative estimate of drug-likeness (QED) is 0.575. The van der Waals surface area contributed by atoms with Crippen LogP contribution in [-0.4, -0.2) is 27.4 Å². The Morgan fingerprint density at radius 3 is 2.37 bits per heavy atom. The average Bonchev–Trinajstić information content (AvgIpc) is 2.42. The van der Waals surface area contributed by atoms with Gasteiger partial charge < -0.3 is 20.1 Å². The number of aromatic hydroxyl groups is 2. The van der Waals surface area contributed by atoms with Crippen LogP contribution in [0.4, 0.5) is 0 Å². The summed E-state index contributed by atoms with van der Waals surface area (Å²) in [6.45, 7) is 0. The predicted octanol–water partition coefficient (Wildman–Crippen LogP) is 1.68. The third-order valence-electron chi connectivity index (χ3n) is 2.46. The molecule has 0 heterocycles. The van der Waals surface area contributed by atoms with Gasteiger partial charge in [-0.05, 0) is 12.1 Å². The molecule has 0 saturated carbocycles. The lowest BCUT2D eigenvalue weighted by Gasteiger charge is -2.13. The number of benzene rings is 2. The molecule has 3 N–H and O–H groups in total. The summed E-state index contributed by atoms with van der Waals surface area (Å²) in [4.78, 5) is 11.8. The molecule has 5 heteroatoms. The van der Waals surface area contributed by atoms with E-state index in [1.807, 2.05) is 0 Å². The highest BCUT2D eigenvalue weighted by Gasteiger charge is 2.20. The van der Waals surface area contributed by atoms with Crippen LogP contribution in [0.5, 0.6) is 17.2 Å². The Morgan fingerprint density at radius 1 is 1.05 bits per heavy atom. The number of aliphatic hydroxyl groups is 1. The van der Waals surface area contributed by atoms with Gasteiger partial charge in [0.2, 0.25) is 5.78 Å². The van der Waals surface area contributed by atoms with Gasteiger partial charge >= 0.3 is 0 Å². The average molecular weight is 260 g/mol. The van der Waals surface area contributed by atoms with Gasteiger partial charge in [-0.1, -0.05) is 30.3 Å². The van der Waals surface area contributed by atoms with E-state index in [1.165, 1.54) is 12.1 Å². The minimum atomic E-state index is -1.72. The Bertz CT molecular complexity index is 580. The van der Waals surface area contributed by atoms with Gasteiger partial charge in [0.15, 0.2) is 11.5 Å². The topological polar surface area (TPSA) is 87.0 Å². The fourth-order valence-corrected chi connectivity index (χ4v) is 1.52. The summed E-state index contributed by atoms with van der Waals surface area (Å²) in [5.41, 5.74) is 0.299. The number of rotatable bonds is 4. The summed E-state index contributed by atoms with van der Waals surface area (Å²) in [7, 11) is 0. The predicted molar refractivity (Wildman–Crippen MR) is 67.2 cm³/mol. The van der Waals surface area contributed by atoms with E-state index >= 15 is 0 Å². The lowest BCUT2D eigenvalue weighted by atomic mass is 10.1. The zero-order valence-corrected chi connectivity index (χ0v) is 9.85. The van der Waals surface area contributed by atoms with Gasteiger partial charge in [-0.3, -0.25) is 4.79 Å². The molecule has 0 aromatic heterocycles. The standard InChI is InChI=1S/C14H12O5/c15-10-6-7-12(11(16)8-10)19-14(18)13(17)9-4-2-1-3-5-9/h1-8,14-16,18H. The highest BCUT2D eigenvalue weighted by Crippen LogP contribution is 2.30. The summed E-state index contributed by atoms with van der Waals surface area (Å²) in [5, 5.41) is 28.3. The van der Waals surface area contributed by atoms with Crippen molar-refractivity contribution in [3.05, 3.63) is 54.1 Å². The maximum Gasteiger partial charge on any atom is 0.262 e. The number of hydrogen-bond acceptors (Lipinski definition) is 5. The number of aliphatic hydroxyl groups excluding tert-OH is 1. The van der Waals surface area contributed by atoms with Crippen molar-refractivity contribution in [2.45, 2.75) is 6.29 Å². The first-order chi connectivity index (χ1) is 9.08. The van der Waals surface area contributed by atoms with E-state index in [2.05, 4.69) is 0 Å². The molecule has 0 aliphatic rings. The fraction of sp³-hybridized carbons (Fsp3) is 0.0714. The van der Waals surface area contributed by atoms with Crippen molar-refractivity contribution in [2.24, 2.45) is 0 Å². The van der Waals surface area contributed by atoms with Crippen LogP contribution in [0.25, 0.3) is 0 Å². The first-order valence-electron chi connectivity index (χ1n) is 5.54. The summed E-state index contributed by atoms with van der Waals surface area (Å²) in [5.74, 6) is -1.21. The maximum atomic E-state index is 11.8. The van der Waals surface area contributed by atoms with Crippen molar-refractivity contribution in [1.82, 2.24) is 0 Å². The molecule has 2 rings (SSSR count). The van der Waals surface area contributed by atoms with Gasteiger partial charge in [0.1, 0.15) is 5.75 Å². The van der Waals surface area contributed by atoms with Crippen LogP contribution in [-0.2, 0) is 0 Å². The number of Topliss-reactive ketones (excluding diaryl/α,β-unsaturated/α-hetero) is 1. The SMILES string of the molecule is O=C(c1ccccc1)C(O)Oc1ccc(O)cc1O. The summed E-state index contributed by atoms with van der Waals surface area (Å²) >= 11 is 0. The smallest absolute Gasteiger partial charge is 0.262 e. The Labute approximate surface area is 109 Å². The van der Waals surface area contributed by atoms with Gasteiger partial charge in [-0.25, -0.2) is 0 Å². The molecule has 0 fully saturated rings. The minimum absolute atomic E-state index is 0.0884. The number of phenols is 2. The molecule has 0 saturated heterocycles. The van der Waals surface area contributed by atoms with Crippen LogP contribution in [0, 0.1) is 0 Å². The molecule has 5 nitrogen and oxygen atoms in total. The Hall–Kier alpha value is -2.53. The number of ether oxygens (including phenoxy) is 1. The van der Waals surface area contributed by atoms with Crippen LogP contribution >= 0.6 is 0 Å². The molecule has 98 valence electrons. The van der Waals surface area contributed by atoms with Gasteiger partial charge in [0.05, 0.1) is 0 Å². The van der Waals surface area contributed by atoms with Crippen molar-refractivity contribution >= 4 is 5.78 Å². The number of carbonyl (C=O) groups is 1. The molecule has 0 bridgehead atoms. The summed E-state index contributed by atoms with van der Waals surface area (Å²) in [6, 6.07) is 11.7. The van der Waals surface area contributed by atoms with E-state index < -0.39 is 12.1 Å². The van der Waals surface area contributed by atoms with Gasteiger partial charge in [0.25, 0.3) is 6.29 Å². The molecule has 2 aromatic carbocycles. The number of carbonyl (C=O) groups excluding carboxylic acids is 1. The summed E-state index contributed by atoms with van der Waals surface area (Å²) in [6.07, 6.45) is -1.72. The molecule has 19 heavy (non-hydrogen) atoms. The Balaban J connectivity index is 2.13. The normalized spacial score (nSPS) is 11.8. The van der Waals surface area contributed by atoms with E-state index in [9.17, 15) is 15.0 Å². The molecule has 0 radical (unpaired) electrons. The molecule has 0 amide bonds. The first kappa shape index (κ1) is 12.9. The molecule has 2 aromatic rings. The molecule has 0 aliphatic heterocycles. The Kier molecular flexibility index (Phi) is 3.68. The third-order valence-corrected chi connectivity index (χ3v) is 2.46. The summed E-state index contributed by atoms with van der Waals surface area (Å²) < 4.78 is 4.96. The van der Waals surface area contributed by atoms with Gasteiger partial charge in [-0.15, -0.1) is 0 Å². The molecule has 0 aliphatic carbocycles. The van der Waals surface area contributed by atoms with Crippen LogP contribution in [0.3, 0.4) is 0 Å². The second kappa shape index (κ2) is 5.41. The van der Waals surface area contributed by atoms with Gasteiger partial charge in [0, 0.05) is 11.6 Å². The minimum Gasteiger partial charge on any atom is -0.508 e. The number of phenolic OH excluding ortho intramolecular Hbond substituents is 2. The zero-order chi connectivity index (χ0) is 13.8. The van der Waals surface area contributed by atoms with Crippen molar-refractivity contribution < 1.29 is 24.9 Å². The molecule has 1 atom stereocenters. The van der Waals surface area contributed by atoms with E-state index in [-0.39, 0.29) is 17.2 Å². The first-order valence-corrected chi connectivity index (χ1v) is 5.54. The van der Waals surface area contributed by atoms with E-state index in [0.717, 1.165) is 6.07 Å². The van der Waals surface area contributed by atoms with Crippen LogP contribution in [0.1, 0.15) is 10.4 Å². The van der Waals surface area contributed by atoms with Crippen LogP contribution < -0.4 is 4.74 Å². The van der Waals surface area contributed by atoms with Crippen molar-refractivity contribution in [2.75, 3.05) is 0 Å². The lowest BCUT2D eigenvalue weighted by Crippen LogP contribution is -2.26. The molecule has 0 spiro atoms. The maximum absolute atomic E-state index is 11.8. The van der Waals surface area contributed by atoms with E-state index in [1.54, 1.807) is 30.3 Å². The molecular formula is C14H12O5. The lowest BCUT2D eigenvalue weighted by molar-refractivity contribution is -0.00415. The Morgan fingerprint density at radius 2 is 1.74 bits per heavy atom. The van der Waals surface area contributed by atoms with Crippen molar-refractivity contribution in [3.8, 4) is 17.2 Å². The largest absolute Gasteiger partial charge is 0.508 e. The molecule has 1 unspecified atom stereocenters. The van der Waals surface area contributed by atoms with E-state index in [4.69, 9.17) is 9.84 Å². The number of hydrogen-bond donors (Lipinski definition) is 3. The van der Waals surface area contributed by atoms with Crippen molar-refractivity contribution in [3.63, 3.8) is 0 Å². The highest BCUT2D eigenvalue weighted by molar-refractivity contribution is 5.98. The highest BCUT2D eigenvalue weighted by atomic mass is 16.6. The van der Waals surface area contributed by atoms with Crippen molar-refractivity contribution in [1.29, 1.82) is 0 Å². The number of ketones is 1. The monoisotopic (exact) mass is 260 g/mol. The molecular weight excluding hydrogens is 248 g/mol. The fourth-order valence-electron chi connectivity index (χ4n) is 1.52. The van der Waals surface area contributed by atoms with Crippen LogP contribution in [0.15, 0.2) is 48.5 Å². The van der Waals surface area contributed by atoms with Gasteiger partial charge in [-0.2, -0.15) is 0 Å². The second-order valence-electron chi connectivity index (χ2n) is 3.85. The third kappa shape index (κ3) is 3.02. The zero-order valence-electron chi connectivity index (χ0n) is 9.85. The van der Waals surface area contributed by atoms with Crippen LogP contribution in [0.2, 0.25) is 0 Å². The second-order valence-corrected chi connectivity index (χ2v) is 3.85. The van der Waals surface area contributed by atoms with E-state index in [0.29, 0.717) is 5.56 Å².